The smallest absolute Gasteiger partial charge is 0.226 e. The molecule has 0 saturated heterocycles. The minimum Gasteiger partial charge on any atom is -0.508 e. The summed E-state index contributed by atoms with van der Waals surface area (Å²) in [6.07, 6.45) is 3.19. The SMILES string of the molecule is Nc1ncnc2c1c(-c1cc(O)cc(F)c1)nn2CCN(Cc1ccccc1)C(=O)C1CC1. The first kappa shape index (κ1) is 20.9. The number of rotatable bonds is 7. The van der Waals surface area contributed by atoms with Crippen LogP contribution in [-0.2, 0) is 17.9 Å². The van der Waals surface area contributed by atoms with Gasteiger partial charge in [0.25, 0.3) is 0 Å². The van der Waals surface area contributed by atoms with E-state index in [-0.39, 0.29) is 23.4 Å². The molecule has 9 heteroatoms. The standard InChI is InChI=1S/C24H23FN6O2/c25-18-10-17(11-19(32)12-18)21-20-22(26)27-14-28-23(20)31(29-21)9-8-30(24(33)16-6-7-16)13-15-4-2-1-3-5-15/h1-5,10-12,14,16,32H,6-9,13H2,(H2,26,27,28). The summed E-state index contributed by atoms with van der Waals surface area (Å²) in [6.45, 7) is 1.31. The van der Waals surface area contributed by atoms with E-state index in [4.69, 9.17) is 5.73 Å². The van der Waals surface area contributed by atoms with Crippen molar-refractivity contribution in [2.24, 2.45) is 5.92 Å². The lowest BCUT2D eigenvalue weighted by atomic mass is 10.1. The van der Waals surface area contributed by atoms with E-state index in [1.807, 2.05) is 35.2 Å². The Hall–Kier alpha value is -4.01. The zero-order valence-electron chi connectivity index (χ0n) is 17.9. The number of aromatic hydroxyl groups is 1. The monoisotopic (exact) mass is 446 g/mol. The van der Waals surface area contributed by atoms with Crippen LogP contribution in [0, 0.1) is 11.7 Å². The molecule has 5 rings (SSSR count). The number of nitrogen functional groups attached to an aromatic ring is 1. The van der Waals surface area contributed by atoms with Gasteiger partial charge < -0.3 is 15.7 Å². The molecule has 0 aliphatic heterocycles. The molecule has 2 aromatic heterocycles. The van der Waals surface area contributed by atoms with E-state index in [0.29, 0.717) is 41.9 Å². The fourth-order valence-electron chi connectivity index (χ4n) is 3.97. The predicted molar refractivity (Wildman–Crippen MR) is 121 cm³/mol. The molecule has 0 atom stereocenters. The molecule has 0 unspecified atom stereocenters. The van der Waals surface area contributed by atoms with E-state index in [2.05, 4.69) is 15.1 Å². The number of hydrogen-bond donors (Lipinski definition) is 2. The van der Waals surface area contributed by atoms with Gasteiger partial charge in [-0.2, -0.15) is 5.10 Å². The Bertz CT molecular complexity index is 1300. The molecule has 0 radical (unpaired) electrons. The minimum atomic E-state index is -0.591. The Morgan fingerprint density at radius 2 is 1.97 bits per heavy atom. The molecule has 4 aromatic rings. The quantitative estimate of drug-likeness (QED) is 0.450. The molecule has 1 aliphatic rings. The number of carbonyl (C=O) groups is 1. The molecule has 1 fully saturated rings. The van der Waals surface area contributed by atoms with Gasteiger partial charge in [0.05, 0.1) is 11.9 Å². The molecule has 8 nitrogen and oxygen atoms in total. The highest BCUT2D eigenvalue weighted by atomic mass is 19.1. The second-order valence-electron chi connectivity index (χ2n) is 8.25. The minimum absolute atomic E-state index is 0.0897. The van der Waals surface area contributed by atoms with Crippen molar-refractivity contribution in [3.8, 4) is 17.0 Å². The Morgan fingerprint density at radius 1 is 1.18 bits per heavy atom. The van der Waals surface area contributed by atoms with Crippen molar-refractivity contribution in [3.63, 3.8) is 0 Å². The molecule has 2 heterocycles. The Morgan fingerprint density at radius 3 is 2.70 bits per heavy atom. The second-order valence-corrected chi connectivity index (χ2v) is 8.25. The fraction of sp³-hybridized carbons (Fsp3) is 0.250. The summed E-state index contributed by atoms with van der Waals surface area (Å²) in [7, 11) is 0. The number of carbonyl (C=O) groups excluding carboxylic acids is 1. The van der Waals surface area contributed by atoms with Crippen molar-refractivity contribution in [1.82, 2.24) is 24.6 Å². The Labute approximate surface area is 189 Å². The zero-order chi connectivity index (χ0) is 22.9. The molecule has 3 N–H and O–H groups in total. The number of aromatic nitrogens is 4. The van der Waals surface area contributed by atoms with E-state index in [1.54, 1.807) is 4.68 Å². The van der Waals surface area contributed by atoms with Gasteiger partial charge in [-0.1, -0.05) is 30.3 Å². The van der Waals surface area contributed by atoms with Crippen LogP contribution in [0.2, 0.25) is 0 Å². The Kier molecular flexibility index (Phi) is 5.37. The van der Waals surface area contributed by atoms with Crippen molar-refractivity contribution in [2.45, 2.75) is 25.9 Å². The van der Waals surface area contributed by atoms with Crippen LogP contribution in [0.4, 0.5) is 10.2 Å². The van der Waals surface area contributed by atoms with Crippen molar-refractivity contribution < 1.29 is 14.3 Å². The topological polar surface area (TPSA) is 110 Å². The first-order valence-corrected chi connectivity index (χ1v) is 10.8. The van der Waals surface area contributed by atoms with E-state index < -0.39 is 5.82 Å². The summed E-state index contributed by atoms with van der Waals surface area (Å²) >= 11 is 0. The molecule has 0 spiro atoms. The number of nitrogens with two attached hydrogens (primary N) is 1. The maximum absolute atomic E-state index is 14.0. The van der Waals surface area contributed by atoms with Crippen molar-refractivity contribution in [1.29, 1.82) is 0 Å². The van der Waals surface area contributed by atoms with Crippen molar-refractivity contribution in [3.05, 3.63) is 66.2 Å². The maximum atomic E-state index is 14.0. The third kappa shape index (κ3) is 4.34. The van der Waals surface area contributed by atoms with Gasteiger partial charge in [0.1, 0.15) is 29.4 Å². The van der Waals surface area contributed by atoms with Gasteiger partial charge in [0.2, 0.25) is 5.91 Å². The van der Waals surface area contributed by atoms with E-state index in [1.165, 1.54) is 18.5 Å². The largest absolute Gasteiger partial charge is 0.508 e. The van der Waals surface area contributed by atoms with Crippen LogP contribution in [0.5, 0.6) is 5.75 Å². The van der Waals surface area contributed by atoms with E-state index in [0.717, 1.165) is 24.5 Å². The zero-order valence-corrected chi connectivity index (χ0v) is 17.9. The average molecular weight is 446 g/mol. The number of benzene rings is 2. The van der Waals surface area contributed by atoms with Gasteiger partial charge in [-0.05, 0) is 30.5 Å². The lowest BCUT2D eigenvalue weighted by Gasteiger charge is -2.23. The molecule has 1 amide bonds. The summed E-state index contributed by atoms with van der Waals surface area (Å²) in [5.41, 5.74) is 8.40. The Balaban J connectivity index is 1.48. The van der Waals surface area contributed by atoms with Gasteiger partial charge in [-0.3, -0.25) is 4.79 Å². The normalized spacial score (nSPS) is 13.4. The second kappa shape index (κ2) is 8.50. The highest BCUT2D eigenvalue weighted by Crippen LogP contribution is 2.33. The molecule has 0 bridgehead atoms. The number of phenols is 1. The summed E-state index contributed by atoms with van der Waals surface area (Å²) in [5, 5.41) is 15.0. The number of anilines is 1. The van der Waals surface area contributed by atoms with Crippen LogP contribution in [0.25, 0.3) is 22.3 Å². The summed E-state index contributed by atoms with van der Waals surface area (Å²) in [5.74, 6) is -0.369. The van der Waals surface area contributed by atoms with Gasteiger partial charge >= 0.3 is 0 Å². The van der Waals surface area contributed by atoms with Gasteiger partial charge in [-0.15, -0.1) is 0 Å². The number of nitrogens with zero attached hydrogens (tertiary/aromatic N) is 5. The molecule has 2 aromatic carbocycles. The summed E-state index contributed by atoms with van der Waals surface area (Å²) in [4.78, 5) is 23.2. The van der Waals surface area contributed by atoms with E-state index >= 15 is 0 Å². The summed E-state index contributed by atoms with van der Waals surface area (Å²) in [6, 6.07) is 13.6. The van der Waals surface area contributed by atoms with Gasteiger partial charge in [0, 0.05) is 30.6 Å². The van der Waals surface area contributed by atoms with Crippen molar-refractivity contribution in [2.75, 3.05) is 12.3 Å². The molecule has 1 saturated carbocycles. The van der Waals surface area contributed by atoms with Crippen LogP contribution >= 0.6 is 0 Å². The van der Waals surface area contributed by atoms with Crippen LogP contribution in [0.1, 0.15) is 18.4 Å². The maximum Gasteiger partial charge on any atom is 0.226 e. The number of fused-ring (bicyclic) bond motifs is 1. The first-order valence-electron chi connectivity index (χ1n) is 10.8. The third-order valence-electron chi connectivity index (χ3n) is 5.75. The number of phenolic OH excluding ortho intramolecular Hbond substituents is 1. The predicted octanol–water partition coefficient (Wildman–Crippen LogP) is 3.36. The number of hydrogen-bond acceptors (Lipinski definition) is 6. The molecular weight excluding hydrogens is 423 g/mol. The fourth-order valence-corrected chi connectivity index (χ4v) is 3.97. The number of halogens is 1. The first-order chi connectivity index (χ1) is 16.0. The lowest BCUT2D eigenvalue weighted by Crippen LogP contribution is -2.34. The molecule has 1 aliphatic carbocycles. The van der Waals surface area contributed by atoms with Crippen LogP contribution in [0.3, 0.4) is 0 Å². The summed E-state index contributed by atoms with van der Waals surface area (Å²) < 4.78 is 15.6. The van der Waals surface area contributed by atoms with Gasteiger partial charge in [0.15, 0.2) is 5.65 Å². The van der Waals surface area contributed by atoms with Crippen LogP contribution in [0.15, 0.2) is 54.9 Å². The van der Waals surface area contributed by atoms with Gasteiger partial charge in [-0.25, -0.2) is 19.0 Å². The number of amides is 1. The van der Waals surface area contributed by atoms with Crippen LogP contribution in [-0.4, -0.2) is 42.2 Å². The molecule has 168 valence electrons. The molecule has 33 heavy (non-hydrogen) atoms. The average Bonchev–Trinajstić information content (AvgIpc) is 3.58. The third-order valence-corrected chi connectivity index (χ3v) is 5.75. The van der Waals surface area contributed by atoms with E-state index in [9.17, 15) is 14.3 Å². The lowest BCUT2D eigenvalue weighted by molar-refractivity contribution is -0.133. The molecular formula is C24H23FN6O2. The van der Waals surface area contributed by atoms with Crippen molar-refractivity contribution >= 4 is 22.8 Å². The van der Waals surface area contributed by atoms with Crippen LogP contribution < -0.4 is 5.73 Å². The highest BCUT2D eigenvalue weighted by molar-refractivity contribution is 5.98. The highest BCUT2D eigenvalue weighted by Gasteiger charge is 2.33.